The summed E-state index contributed by atoms with van der Waals surface area (Å²) in [5.74, 6) is 0.633. The number of nitrogens with zero attached hydrogens (tertiary/aromatic N) is 4. The zero-order valence-corrected chi connectivity index (χ0v) is 19.2. The van der Waals surface area contributed by atoms with E-state index in [1.54, 1.807) is 11.8 Å². The number of carbonyl (C=O) groups excluding carboxylic acids is 1. The van der Waals surface area contributed by atoms with E-state index in [0.717, 1.165) is 25.0 Å². The van der Waals surface area contributed by atoms with Crippen LogP contribution in [0.3, 0.4) is 0 Å². The lowest BCUT2D eigenvalue weighted by Gasteiger charge is -2.16. The van der Waals surface area contributed by atoms with Gasteiger partial charge < -0.3 is 30.7 Å². The summed E-state index contributed by atoms with van der Waals surface area (Å²) in [6, 6.07) is -0.664. The molecule has 32 heavy (non-hydrogen) atoms. The highest BCUT2D eigenvalue weighted by Gasteiger charge is 2.44. The Hall–Kier alpha value is -1.83. The van der Waals surface area contributed by atoms with Crippen molar-refractivity contribution >= 4 is 34.7 Å². The third-order valence-electron chi connectivity index (χ3n) is 5.36. The molecule has 12 heteroatoms. The molecular weight excluding hydrogens is 436 g/mol. The number of anilines is 1. The number of imidazole rings is 1. The molecule has 0 saturated carbocycles. The van der Waals surface area contributed by atoms with Gasteiger partial charge in [0.15, 0.2) is 23.2 Å². The van der Waals surface area contributed by atoms with Crippen LogP contribution in [0, 0.1) is 0 Å². The Bertz CT molecular complexity index is 883. The Balaban J connectivity index is 1.70. The van der Waals surface area contributed by atoms with E-state index in [1.165, 1.54) is 17.2 Å². The van der Waals surface area contributed by atoms with Gasteiger partial charge in [0.25, 0.3) is 0 Å². The molecule has 5 N–H and O–H groups in total. The number of aliphatic hydroxyl groups is 2. The molecule has 0 unspecified atom stereocenters. The van der Waals surface area contributed by atoms with E-state index in [1.807, 2.05) is 6.26 Å². The van der Waals surface area contributed by atoms with Crippen LogP contribution in [0.2, 0.25) is 0 Å². The number of aromatic nitrogens is 4. The highest BCUT2D eigenvalue weighted by Crippen LogP contribution is 2.32. The van der Waals surface area contributed by atoms with Crippen molar-refractivity contribution in [2.45, 2.75) is 63.2 Å². The number of nitrogens with two attached hydrogens (primary N) is 1. The van der Waals surface area contributed by atoms with Crippen molar-refractivity contribution in [3.63, 3.8) is 0 Å². The molecule has 0 aliphatic carbocycles. The van der Waals surface area contributed by atoms with Gasteiger partial charge >= 0.3 is 0 Å². The summed E-state index contributed by atoms with van der Waals surface area (Å²) in [5, 5.41) is 23.7. The molecule has 1 aliphatic heterocycles. The number of amides is 1. The Morgan fingerprint density at radius 1 is 1.34 bits per heavy atom. The summed E-state index contributed by atoms with van der Waals surface area (Å²) >= 11 is 1.61. The van der Waals surface area contributed by atoms with Gasteiger partial charge in [-0.25, -0.2) is 15.0 Å². The van der Waals surface area contributed by atoms with Gasteiger partial charge in [-0.2, -0.15) is 11.8 Å². The summed E-state index contributed by atoms with van der Waals surface area (Å²) in [6.45, 7) is 2.86. The van der Waals surface area contributed by atoms with Crippen molar-refractivity contribution in [2.75, 3.05) is 30.5 Å². The van der Waals surface area contributed by atoms with Crippen LogP contribution in [0.25, 0.3) is 11.2 Å². The van der Waals surface area contributed by atoms with E-state index in [2.05, 4.69) is 27.2 Å². The molecule has 5 atom stereocenters. The first-order valence-electron chi connectivity index (χ1n) is 10.8. The largest absolute Gasteiger partial charge is 0.387 e. The second-order valence-corrected chi connectivity index (χ2v) is 8.74. The zero-order valence-electron chi connectivity index (χ0n) is 18.4. The van der Waals surface area contributed by atoms with Crippen molar-refractivity contribution in [1.82, 2.24) is 19.5 Å². The number of hydrogen-bond acceptors (Lipinski definition) is 10. The Morgan fingerprint density at radius 2 is 2.16 bits per heavy atom. The van der Waals surface area contributed by atoms with Crippen molar-refractivity contribution < 1.29 is 24.5 Å². The van der Waals surface area contributed by atoms with Crippen molar-refractivity contribution in [2.24, 2.45) is 5.73 Å². The van der Waals surface area contributed by atoms with Crippen LogP contribution < -0.4 is 11.1 Å². The number of unbranched alkanes of at least 4 members (excludes halogenated alkanes) is 2. The minimum absolute atomic E-state index is 0.176. The van der Waals surface area contributed by atoms with Gasteiger partial charge in [0.05, 0.1) is 19.0 Å². The number of nitrogens with one attached hydrogen (secondary N) is 1. The fraction of sp³-hybridized carbons (Fsp3) is 0.700. The highest BCUT2D eigenvalue weighted by molar-refractivity contribution is 7.98. The maximum Gasteiger partial charge on any atom is 0.242 e. The molecule has 1 saturated heterocycles. The maximum absolute atomic E-state index is 12.4. The Morgan fingerprint density at radius 3 is 2.91 bits per heavy atom. The molecule has 2 aromatic heterocycles. The van der Waals surface area contributed by atoms with Gasteiger partial charge in [-0.15, -0.1) is 0 Å². The van der Waals surface area contributed by atoms with Crippen LogP contribution in [-0.2, 0) is 14.3 Å². The topological polar surface area (TPSA) is 158 Å². The molecule has 0 radical (unpaired) electrons. The third kappa shape index (κ3) is 5.74. The number of aliphatic hydroxyl groups excluding tert-OH is 2. The number of carbonyl (C=O) groups is 1. The predicted molar refractivity (Wildman–Crippen MR) is 121 cm³/mol. The van der Waals surface area contributed by atoms with E-state index in [0.29, 0.717) is 24.2 Å². The summed E-state index contributed by atoms with van der Waals surface area (Å²) in [7, 11) is 0. The number of ether oxygens (including phenoxy) is 2. The number of thioether (sulfide) groups is 1. The lowest BCUT2D eigenvalue weighted by Crippen LogP contribution is -2.36. The summed E-state index contributed by atoms with van der Waals surface area (Å²) in [5.41, 5.74) is 6.62. The van der Waals surface area contributed by atoms with Crippen LogP contribution in [0.4, 0.5) is 5.82 Å². The minimum atomic E-state index is -1.19. The standard InChI is InChI=1S/C20H32N6O5S/c1-3-4-5-7-30-9-13-15(27)16(28)20(31-13)26-11-24-14-17(22-10-23-18(14)26)25-19(29)12(21)6-8-32-2/h10-13,15-16,20,27-28H,3-9,21H2,1-2H3,(H,22,23,25,29)/t12-,13+,15+,16+,20+/m0/s1. The first-order valence-corrected chi connectivity index (χ1v) is 12.2. The van der Waals surface area contributed by atoms with Crippen molar-refractivity contribution in [3.05, 3.63) is 12.7 Å². The van der Waals surface area contributed by atoms with E-state index < -0.39 is 30.6 Å². The molecular formula is C20H32N6O5S. The third-order valence-corrected chi connectivity index (χ3v) is 6.00. The smallest absolute Gasteiger partial charge is 0.242 e. The fourth-order valence-corrected chi connectivity index (χ4v) is 3.95. The van der Waals surface area contributed by atoms with E-state index >= 15 is 0 Å². The number of hydrogen-bond donors (Lipinski definition) is 4. The number of fused-ring (bicyclic) bond motifs is 1. The fourth-order valence-electron chi connectivity index (χ4n) is 3.47. The van der Waals surface area contributed by atoms with Crippen LogP contribution in [0.5, 0.6) is 0 Å². The van der Waals surface area contributed by atoms with E-state index in [4.69, 9.17) is 15.2 Å². The molecule has 1 fully saturated rings. The molecule has 1 aliphatic rings. The minimum Gasteiger partial charge on any atom is -0.387 e. The Kier molecular flexibility index (Phi) is 9.20. The second-order valence-electron chi connectivity index (χ2n) is 7.75. The summed E-state index contributed by atoms with van der Waals surface area (Å²) in [4.78, 5) is 25.0. The van der Waals surface area contributed by atoms with Crippen LogP contribution in [-0.4, -0.2) is 85.2 Å². The predicted octanol–water partition coefficient (Wildman–Crippen LogP) is 0.671. The summed E-state index contributed by atoms with van der Waals surface area (Å²) in [6.07, 6.45) is 4.43. The molecule has 178 valence electrons. The quantitative estimate of drug-likeness (QED) is 0.326. The highest BCUT2D eigenvalue weighted by atomic mass is 32.2. The molecule has 11 nitrogen and oxygen atoms in total. The molecule has 3 heterocycles. The van der Waals surface area contributed by atoms with Gasteiger partial charge in [-0.3, -0.25) is 9.36 Å². The first kappa shape index (κ1) is 24.8. The lowest BCUT2D eigenvalue weighted by molar-refractivity contribution is -0.117. The molecule has 3 rings (SSSR count). The lowest BCUT2D eigenvalue weighted by atomic mass is 10.1. The average Bonchev–Trinajstić information content (AvgIpc) is 3.34. The molecule has 0 aromatic carbocycles. The molecule has 0 spiro atoms. The SMILES string of the molecule is CCCCCOC[C@H]1O[C@@H](n2cnc3c(NC(=O)[C@@H](N)CCSC)ncnc32)[C@H](O)[C@@H]1O. The van der Waals surface area contributed by atoms with Crippen LogP contribution in [0.1, 0.15) is 38.8 Å². The van der Waals surface area contributed by atoms with Gasteiger partial charge in [0.2, 0.25) is 5.91 Å². The zero-order chi connectivity index (χ0) is 23.1. The monoisotopic (exact) mass is 468 g/mol. The number of rotatable bonds is 12. The first-order chi connectivity index (χ1) is 15.5. The van der Waals surface area contributed by atoms with Crippen LogP contribution in [0.15, 0.2) is 12.7 Å². The van der Waals surface area contributed by atoms with Crippen molar-refractivity contribution in [3.8, 4) is 0 Å². The van der Waals surface area contributed by atoms with Crippen LogP contribution >= 0.6 is 11.8 Å². The van der Waals surface area contributed by atoms with Gasteiger partial charge in [0, 0.05) is 6.61 Å². The molecule has 0 bridgehead atoms. The maximum atomic E-state index is 12.4. The summed E-state index contributed by atoms with van der Waals surface area (Å²) < 4.78 is 13.0. The molecule has 2 aromatic rings. The normalized spacial score (nSPS) is 24.2. The van der Waals surface area contributed by atoms with Gasteiger partial charge in [0.1, 0.15) is 24.6 Å². The Labute approximate surface area is 191 Å². The second kappa shape index (κ2) is 11.9. The van der Waals surface area contributed by atoms with Gasteiger partial charge in [-0.1, -0.05) is 19.8 Å². The van der Waals surface area contributed by atoms with Crippen molar-refractivity contribution in [1.29, 1.82) is 0 Å². The van der Waals surface area contributed by atoms with E-state index in [9.17, 15) is 15.0 Å². The van der Waals surface area contributed by atoms with E-state index in [-0.39, 0.29) is 18.3 Å². The molecule has 1 amide bonds. The average molecular weight is 469 g/mol. The van der Waals surface area contributed by atoms with Gasteiger partial charge in [-0.05, 0) is 24.9 Å².